The van der Waals surface area contributed by atoms with Gasteiger partial charge < -0.3 is 19.5 Å². The number of nitrogens with zero attached hydrogens (tertiary/aromatic N) is 1. The van der Waals surface area contributed by atoms with Crippen molar-refractivity contribution in [1.29, 1.82) is 0 Å². The van der Waals surface area contributed by atoms with Crippen molar-refractivity contribution in [3.63, 3.8) is 0 Å². The van der Waals surface area contributed by atoms with Crippen LogP contribution in [0.4, 0.5) is 4.39 Å². The molecule has 0 aromatic heterocycles. The van der Waals surface area contributed by atoms with Gasteiger partial charge in [-0.3, -0.25) is 4.79 Å². The van der Waals surface area contributed by atoms with Gasteiger partial charge in [0.1, 0.15) is 5.82 Å². The van der Waals surface area contributed by atoms with Crippen LogP contribution in [0.3, 0.4) is 0 Å². The number of rotatable bonds is 2. The highest BCUT2D eigenvalue weighted by atomic mass is 79.9. The molecule has 1 atom stereocenters. The molecule has 5 nitrogen and oxygen atoms in total. The summed E-state index contributed by atoms with van der Waals surface area (Å²) < 4.78 is 26.6. The lowest BCUT2D eigenvalue weighted by Gasteiger charge is -2.44. The van der Waals surface area contributed by atoms with Gasteiger partial charge in [-0.2, -0.15) is 0 Å². The van der Waals surface area contributed by atoms with Crippen molar-refractivity contribution in [1.82, 2.24) is 4.90 Å². The van der Waals surface area contributed by atoms with Crippen LogP contribution in [0.25, 0.3) is 6.08 Å². The fourth-order valence-electron chi connectivity index (χ4n) is 3.43. The van der Waals surface area contributed by atoms with E-state index in [1.54, 1.807) is 26.0 Å². The Morgan fingerprint density at radius 3 is 2.79 bits per heavy atom. The number of carbonyl (C=O) groups is 1. The average Bonchev–Trinajstić information content (AvgIpc) is 2.56. The molecule has 150 valence electrons. The number of benzene rings is 1. The standard InChI is InChI=1S/C21H23BrFNO4/c1-12-10-24-18(11-27-21(3,4)28-12)20(13(2)25)15(8-19(24)26)7-14-5-6-16(22)9-17(14)23/h5-9,12,26H,10-11H2,1-4H3/p-1. The Labute approximate surface area is 172 Å². The monoisotopic (exact) mass is 450 g/mol. The van der Waals surface area contributed by atoms with E-state index in [1.807, 2.05) is 6.92 Å². The molecule has 0 N–H and O–H groups in total. The summed E-state index contributed by atoms with van der Waals surface area (Å²) in [7, 11) is 0. The van der Waals surface area contributed by atoms with E-state index in [2.05, 4.69) is 15.9 Å². The minimum Gasteiger partial charge on any atom is -0.860 e. The molecule has 2 aliphatic heterocycles. The van der Waals surface area contributed by atoms with Gasteiger partial charge >= 0.3 is 0 Å². The molecular formula is C21H22BrFNO4-. The van der Waals surface area contributed by atoms with E-state index in [0.717, 1.165) is 0 Å². The second-order valence-electron chi connectivity index (χ2n) is 7.35. The Bertz CT molecular complexity index is 904. The number of ketones is 1. The summed E-state index contributed by atoms with van der Waals surface area (Å²) in [5.41, 5.74) is 1.50. The van der Waals surface area contributed by atoms with E-state index in [4.69, 9.17) is 9.47 Å². The van der Waals surface area contributed by atoms with Crippen LogP contribution in [0.2, 0.25) is 0 Å². The summed E-state index contributed by atoms with van der Waals surface area (Å²) in [6.45, 7) is 7.19. The van der Waals surface area contributed by atoms with Gasteiger partial charge in [0.2, 0.25) is 0 Å². The van der Waals surface area contributed by atoms with Crippen LogP contribution in [-0.4, -0.2) is 35.7 Å². The first-order chi connectivity index (χ1) is 13.1. The highest BCUT2D eigenvalue weighted by Crippen LogP contribution is 2.33. The highest BCUT2D eigenvalue weighted by molar-refractivity contribution is 9.10. The van der Waals surface area contributed by atoms with Crippen LogP contribution in [0, 0.1) is 5.82 Å². The zero-order valence-corrected chi connectivity index (χ0v) is 17.8. The molecule has 2 aliphatic rings. The molecule has 1 fully saturated rings. The van der Waals surface area contributed by atoms with Crippen molar-refractivity contribution in [3.8, 4) is 0 Å². The molecule has 1 unspecified atom stereocenters. The van der Waals surface area contributed by atoms with E-state index in [9.17, 15) is 14.3 Å². The molecule has 1 aromatic carbocycles. The Balaban J connectivity index is 2.13. The summed E-state index contributed by atoms with van der Waals surface area (Å²) in [5, 5.41) is 12.8. The first-order valence-electron chi connectivity index (χ1n) is 8.96. The maximum absolute atomic E-state index is 14.3. The van der Waals surface area contributed by atoms with Crippen LogP contribution >= 0.6 is 15.9 Å². The van der Waals surface area contributed by atoms with E-state index in [1.165, 1.54) is 30.0 Å². The number of allylic oxidation sites excluding steroid dienone is 3. The summed E-state index contributed by atoms with van der Waals surface area (Å²) >= 11 is 3.22. The number of hydrogen-bond donors (Lipinski definition) is 0. The fourth-order valence-corrected chi connectivity index (χ4v) is 3.76. The normalized spacial score (nSPS) is 23.8. The fraction of sp³-hybridized carbons (Fsp3) is 0.381. The van der Waals surface area contributed by atoms with Gasteiger partial charge in [0.05, 0.1) is 18.4 Å². The summed E-state index contributed by atoms with van der Waals surface area (Å²) in [5.74, 6) is -1.81. The summed E-state index contributed by atoms with van der Waals surface area (Å²) in [6.07, 6.45) is 2.59. The first kappa shape index (κ1) is 20.8. The van der Waals surface area contributed by atoms with Crippen LogP contribution < -0.4 is 5.11 Å². The molecule has 0 radical (unpaired) electrons. The smallest absolute Gasteiger partial charge is 0.163 e. The lowest BCUT2D eigenvalue weighted by atomic mass is 9.94. The lowest BCUT2D eigenvalue weighted by molar-refractivity contribution is -0.336. The van der Waals surface area contributed by atoms with Crippen LogP contribution in [-0.2, 0) is 14.3 Å². The maximum atomic E-state index is 14.3. The van der Waals surface area contributed by atoms with Crippen molar-refractivity contribution in [2.45, 2.75) is 39.6 Å². The summed E-state index contributed by atoms with van der Waals surface area (Å²) in [4.78, 5) is 14.0. The number of ether oxygens (including phenoxy) is 2. The van der Waals surface area contributed by atoms with Gasteiger partial charge in [0.25, 0.3) is 0 Å². The zero-order valence-electron chi connectivity index (χ0n) is 16.2. The number of fused-ring (bicyclic) bond motifs is 1. The molecule has 0 saturated carbocycles. The number of carbonyl (C=O) groups excluding carboxylic acids is 1. The first-order valence-corrected chi connectivity index (χ1v) is 9.76. The van der Waals surface area contributed by atoms with Gasteiger partial charge in [-0.1, -0.05) is 22.0 Å². The quantitative estimate of drug-likeness (QED) is 0.689. The third kappa shape index (κ3) is 4.37. The minimum absolute atomic E-state index is 0.0361. The molecule has 1 aromatic rings. The second kappa shape index (κ2) is 7.81. The predicted molar refractivity (Wildman–Crippen MR) is 105 cm³/mol. The SMILES string of the molecule is CC(=O)C1=C2COC(C)(C)OC(C)CN2C([O-])=CC1=Cc1ccc(Br)cc1F. The lowest BCUT2D eigenvalue weighted by Crippen LogP contribution is -2.47. The third-order valence-corrected chi connectivity index (χ3v) is 5.05. The number of hydrogen-bond acceptors (Lipinski definition) is 5. The Hall–Kier alpha value is -1.96. The van der Waals surface area contributed by atoms with Gasteiger partial charge in [-0.05, 0) is 63.4 Å². The molecule has 2 heterocycles. The van der Waals surface area contributed by atoms with E-state index in [0.29, 0.717) is 33.4 Å². The molecule has 3 rings (SSSR count). The third-order valence-electron chi connectivity index (χ3n) is 4.55. The summed E-state index contributed by atoms with van der Waals surface area (Å²) in [6, 6.07) is 4.63. The molecule has 7 heteroatoms. The van der Waals surface area contributed by atoms with Crippen LogP contribution in [0.15, 0.2) is 51.5 Å². The molecular weight excluding hydrogens is 429 g/mol. The van der Waals surface area contributed by atoms with Crippen LogP contribution in [0.5, 0.6) is 0 Å². The maximum Gasteiger partial charge on any atom is 0.163 e. The second-order valence-corrected chi connectivity index (χ2v) is 8.27. The van der Waals surface area contributed by atoms with E-state index in [-0.39, 0.29) is 24.4 Å². The van der Waals surface area contributed by atoms with E-state index >= 15 is 0 Å². The van der Waals surface area contributed by atoms with Crippen LogP contribution in [0.1, 0.15) is 33.3 Å². The van der Waals surface area contributed by atoms with Gasteiger partial charge in [-0.15, -0.1) is 0 Å². The van der Waals surface area contributed by atoms with Gasteiger partial charge in [0.15, 0.2) is 11.6 Å². The average molecular weight is 451 g/mol. The van der Waals surface area contributed by atoms with Crippen molar-refractivity contribution in [3.05, 3.63) is 62.9 Å². The highest BCUT2D eigenvalue weighted by Gasteiger charge is 2.32. The van der Waals surface area contributed by atoms with E-state index < -0.39 is 11.6 Å². The zero-order chi connectivity index (χ0) is 20.6. The van der Waals surface area contributed by atoms with Gasteiger partial charge in [0, 0.05) is 22.2 Å². The minimum atomic E-state index is -0.855. The largest absolute Gasteiger partial charge is 0.860 e. The molecule has 0 spiro atoms. The Morgan fingerprint density at radius 2 is 2.14 bits per heavy atom. The van der Waals surface area contributed by atoms with Crippen molar-refractivity contribution in [2.75, 3.05) is 13.2 Å². The Morgan fingerprint density at radius 1 is 1.43 bits per heavy atom. The van der Waals surface area contributed by atoms with Crippen molar-refractivity contribution < 1.29 is 23.8 Å². The van der Waals surface area contributed by atoms with Gasteiger partial charge in [-0.25, -0.2) is 4.39 Å². The van der Waals surface area contributed by atoms with Crippen molar-refractivity contribution >= 4 is 27.8 Å². The number of Topliss-reactive ketones (excluding diaryl/α,β-unsaturated/α-hetero) is 1. The Kier molecular flexibility index (Phi) is 5.79. The predicted octanol–water partition coefficient (Wildman–Crippen LogP) is 3.50. The number of halogens is 2. The molecule has 28 heavy (non-hydrogen) atoms. The topological polar surface area (TPSA) is 61.8 Å². The van der Waals surface area contributed by atoms with Crippen molar-refractivity contribution in [2.24, 2.45) is 0 Å². The molecule has 0 aliphatic carbocycles. The molecule has 0 amide bonds. The molecule has 1 saturated heterocycles. The molecule has 0 bridgehead atoms.